The molecule has 19 heavy (non-hydrogen) atoms. The molecule has 1 unspecified atom stereocenters. The Morgan fingerprint density at radius 3 is 2.05 bits per heavy atom. The SMILES string of the molecule is OCCc1ccccc1CC(CO)c1ccccc1. The first kappa shape index (κ1) is 13.8. The Labute approximate surface area is 114 Å². The van der Waals surface area contributed by atoms with Gasteiger partial charge in [-0.2, -0.15) is 0 Å². The minimum atomic E-state index is 0.112. The van der Waals surface area contributed by atoms with Gasteiger partial charge >= 0.3 is 0 Å². The molecular formula is C17H20O2. The van der Waals surface area contributed by atoms with E-state index in [1.54, 1.807) is 0 Å². The Morgan fingerprint density at radius 1 is 0.789 bits per heavy atom. The summed E-state index contributed by atoms with van der Waals surface area (Å²) < 4.78 is 0. The van der Waals surface area contributed by atoms with Gasteiger partial charge in [0.25, 0.3) is 0 Å². The van der Waals surface area contributed by atoms with E-state index in [1.807, 2.05) is 36.4 Å². The maximum Gasteiger partial charge on any atom is 0.0502 e. The van der Waals surface area contributed by atoms with Gasteiger partial charge in [0.2, 0.25) is 0 Å². The first-order valence-electron chi connectivity index (χ1n) is 6.68. The van der Waals surface area contributed by atoms with Crippen LogP contribution in [0.2, 0.25) is 0 Å². The van der Waals surface area contributed by atoms with Crippen LogP contribution in [0.5, 0.6) is 0 Å². The van der Waals surface area contributed by atoms with Gasteiger partial charge in [-0.15, -0.1) is 0 Å². The summed E-state index contributed by atoms with van der Waals surface area (Å²) in [7, 11) is 0. The normalized spacial score (nSPS) is 12.3. The molecule has 0 aliphatic carbocycles. The number of hydrogen-bond acceptors (Lipinski definition) is 2. The van der Waals surface area contributed by atoms with Gasteiger partial charge in [-0.3, -0.25) is 0 Å². The van der Waals surface area contributed by atoms with Crippen molar-refractivity contribution in [2.24, 2.45) is 0 Å². The van der Waals surface area contributed by atoms with Gasteiger partial charge in [-0.25, -0.2) is 0 Å². The highest BCUT2D eigenvalue weighted by molar-refractivity contribution is 5.30. The highest BCUT2D eigenvalue weighted by atomic mass is 16.3. The molecule has 0 fully saturated rings. The van der Waals surface area contributed by atoms with Crippen molar-refractivity contribution in [1.82, 2.24) is 0 Å². The minimum absolute atomic E-state index is 0.112. The molecule has 2 aromatic rings. The Bertz CT molecular complexity index is 494. The van der Waals surface area contributed by atoms with E-state index in [9.17, 15) is 5.11 Å². The molecule has 0 saturated carbocycles. The Morgan fingerprint density at radius 2 is 1.42 bits per heavy atom. The maximum absolute atomic E-state index is 9.61. The Kier molecular flexibility index (Phi) is 5.13. The predicted octanol–water partition coefficient (Wildman–Crippen LogP) is 2.54. The quantitative estimate of drug-likeness (QED) is 0.834. The predicted molar refractivity (Wildman–Crippen MR) is 77.2 cm³/mol. The summed E-state index contributed by atoms with van der Waals surface area (Å²) in [6.07, 6.45) is 1.47. The molecule has 100 valence electrons. The molecule has 0 amide bonds. The van der Waals surface area contributed by atoms with E-state index >= 15 is 0 Å². The molecule has 0 spiro atoms. The van der Waals surface area contributed by atoms with Gasteiger partial charge in [-0.05, 0) is 29.5 Å². The first-order valence-corrected chi connectivity index (χ1v) is 6.68. The zero-order valence-corrected chi connectivity index (χ0v) is 11.0. The van der Waals surface area contributed by atoms with E-state index < -0.39 is 0 Å². The molecule has 2 aromatic carbocycles. The average molecular weight is 256 g/mol. The average Bonchev–Trinajstić information content (AvgIpc) is 2.47. The third-order valence-electron chi connectivity index (χ3n) is 3.46. The fourth-order valence-corrected chi connectivity index (χ4v) is 2.40. The second-order valence-corrected chi connectivity index (χ2v) is 4.74. The van der Waals surface area contributed by atoms with Gasteiger partial charge in [-0.1, -0.05) is 54.6 Å². The number of aliphatic hydroxyl groups excluding tert-OH is 2. The smallest absolute Gasteiger partial charge is 0.0502 e. The lowest BCUT2D eigenvalue weighted by Gasteiger charge is -2.17. The summed E-state index contributed by atoms with van der Waals surface area (Å²) in [4.78, 5) is 0. The summed E-state index contributed by atoms with van der Waals surface area (Å²) in [5.41, 5.74) is 3.53. The van der Waals surface area contributed by atoms with Crippen molar-refractivity contribution < 1.29 is 10.2 Å². The van der Waals surface area contributed by atoms with Crippen LogP contribution >= 0.6 is 0 Å². The van der Waals surface area contributed by atoms with E-state index in [4.69, 9.17) is 5.11 Å². The highest BCUT2D eigenvalue weighted by Gasteiger charge is 2.12. The largest absolute Gasteiger partial charge is 0.396 e. The topological polar surface area (TPSA) is 40.5 Å². The molecule has 0 aromatic heterocycles. The van der Waals surface area contributed by atoms with Gasteiger partial charge in [0.15, 0.2) is 0 Å². The molecule has 2 N–H and O–H groups in total. The zero-order valence-electron chi connectivity index (χ0n) is 11.0. The van der Waals surface area contributed by atoms with Crippen LogP contribution in [0.3, 0.4) is 0 Å². The maximum atomic E-state index is 9.61. The van der Waals surface area contributed by atoms with E-state index in [1.165, 1.54) is 11.1 Å². The number of hydrogen-bond donors (Lipinski definition) is 2. The van der Waals surface area contributed by atoms with Crippen molar-refractivity contribution in [2.75, 3.05) is 13.2 Å². The van der Waals surface area contributed by atoms with Crippen LogP contribution in [0.1, 0.15) is 22.6 Å². The van der Waals surface area contributed by atoms with E-state index in [0.717, 1.165) is 12.0 Å². The number of rotatable bonds is 6. The Balaban J connectivity index is 2.19. The van der Waals surface area contributed by atoms with Crippen molar-refractivity contribution in [1.29, 1.82) is 0 Å². The fourth-order valence-electron chi connectivity index (χ4n) is 2.40. The third-order valence-corrected chi connectivity index (χ3v) is 3.46. The zero-order chi connectivity index (χ0) is 13.5. The first-order chi connectivity index (χ1) is 9.35. The van der Waals surface area contributed by atoms with E-state index in [0.29, 0.717) is 6.42 Å². The van der Waals surface area contributed by atoms with Crippen LogP contribution in [-0.4, -0.2) is 23.4 Å². The van der Waals surface area contributed by atoms with Crippen LogP contribution in [0.25, 0.3) is 0 Å². The standard InChI is InChI=1S/C17H20O2/c18-11-10-15-8-4-5-9-16(15)12-17(13-19)14-6-2-1-3-7-14/h1-9,17-19H,10-13H2. The lowest BCUT2D eigenvalue weighted by molar-refractivity contribution is 0.264. The third kappa shape index (κ3) is 3.66. The number of aliphatic hydroxyl groups is 2. The van der Waals surface area contributed by atoms with Crippen molar-refractivity contribution in [2.45, 2.75) is 18.8 Å². The van der Waals surface area contributed by atoms with E-state index in [2.05, 4.69) is 18.2 Å². The summed E-state index contributed by atoms with van der Waals surface area (Å²) in [5, 5.41) is 18.7. The second kappa shape index (κ2) is 7.07. The molecule has 0 aliphatic heterocycles. The molecule has 2 heteroatoms. The van der Waals surface area contributed by atoms with Crippen molar-refractivity contribution in [3.8, 4) is 0 Å². The fraction of sp³-hybridized carbons (Fsp3) is 0.294. The van der Waals surface area contributed by atoms with Crippen molar-refractivity contribution >= 4 is 0 Å². The van der Waals surface area contributed by atoms with Crippen molar-refractivity contribution in [3.63, 3.8) is 0 Å². The summed E-state index contributed by atoms with van der Waals surface area (Å²) in [5.74, 6) is 0.112. The molecule has 0 saturated heterocycles. The van der Waals surface area contributed by atoms with Gasteiger partial charge in [0, 0.05) is 12.5 Å². The minimum Gasteiger partial charge on any atom is -0.396 e. The molecule has 0 aliphatic rings. The van der Waals surface area contributed by atoms with E-state index in [-0.39, 0.29) is 19.1 Å². The molecule has 0 bridgehead atoms. The van der Waals surface area contributed by atoms with Crippen LogP contribution in [-0.2, 0) is 12.8 Å². The molecule has 2 rings (SSSR count). The molecular weight excluding hydrogens is 236 g/mol. The molecule has 0 heterocycles. The summed E-state index contributed by atoms with van der Waals surface area (Å²) in [6, 6.07) is 18.2. The lowest BCUT2D eigenvalue weighted by atomic mass is 9.90. The number of benzene rings is 2. The lowest BCUT2D eigenvalue weighted by Crippen LogP contribution is -2.09. The Hall–Kier alpha value is -1.64. The van der Waals surface area contributed by atoms with Crippen LogP contribution in [0.4, 0.5) is 0 Å². The molecule has 2 nitrogen and oxygen atoms in total. The van der Waals surface area contributed by atoms with Crippen LogP contribution in [0.15, 0.2) is 54.6 Å². The summed E-state index contributed by atoms with van der Waals surface area (Å²) >= 11 is 0. The summed E-state index contributed by atoms with van der Waals surface area (Å²) in [6.45, 7) is 0.295. The monoisotopic (exact) mass is 256 g/mol. The molecule has 1 atom stereocenters. The van der Waals surface area contributed by atoms with Gasteiger partial charge in [0.1, 0.15) is 0 Å². The van der Waals surface area contributed by atoms with Crippen molar-refractivity contribution in [3.05, 3.63) is 71.3 Å². The highest BCUT2D eigenvalue weighted by Crippen LogP contribution is 2.22. The van der Waals surface area contributed by atoms with Crippen LogP contribution in [0, 0.1) is 0 Å². The van der Waals surface area contributed by atoms with Crippen LogP contribution < -0.4 is 0 Å². The second-order valence-electron chi connectivity index (χ2n) is 4.74. The van der Waals surface area contributed by atoms with Gasteiger partial charge < -0.3 is 10.2 Å². The van der Waals surface area contributed by atoms with Gasteiger partial charge in [0.05, 0.1) is 6.61 Å². The molecule has 0 radical (unpaired) electrons.